The molecule has 40 heavy (non-hydrogen) atoms. The van der Waals surface area contributed by atoms with Crippen LogP contribution in [0.2, 0.25) is 10.0 Å². The average Bonchev–Trinajstić information content (AvgIpc) is 3.41. The van der Waals surface area contributed by atoms with Crippen LogP contribution in [0.15, 0.2) is 91.1 Å². The van der Waals surface area contributed by atoms with Gasteiger partial charge >= 0.3 is 12.1 Å². The van der Waals surface area contributed by atoms with Gasteiger partial charge in [-0.25, -0.2) is 14.5 Å². The van der Waals surface area contributed by atoms with Crippen molar-refractivity contribution in [1.29, 1.82) is 0 Å². The lowest BCUT2D eigenvalue weighted by atomic mass is 10.0. The normalized spacial score (nSPS) is 11.4. The van der Waals surface area contributed by atoms with Crippen LogP contribution in [0.3, 0.4) is 0 Å². The van der Waals surface area contributed by atoms with Crippen LogP contribution in [0.1, 0.15) is 21.6 Å². The average molecular weight is 584 g/mol. The fourth-order valence-electron chi connectivity index (χ4n) is 4.08. The molecule has 5 rings (SSSR count). The molecule has 0 spiro atoms. The summed E-state index contributed by atoms with van der Waals surface area (Å²) in [6.07, 6.45) is -4.30. The van der Waals surface area contributed by atoms with E-state index in [-0.39, 0.29) is 12.4 Å². The van der Waals surface area contributed by atoms with Crippen molar-refractivity contribution >= 4 is 29.2 Å². The van der Waals surface area contributed by atoms with E-state index in [1.165, 1.54) is 12.1 Å². The minimum Gasteiger partial charge on any atom is -0.488 e. The first-order valence-corrected chi connectivity index (χ1v) is 12.5. The molecule has 0 unspecified atom stereocenters. The number of hydrogen-bond donors (Lipinski definition) is 1. The van der Waals surface area contributed by atoms with E-state index in [2.05, 4.69) is 10.1 Å². The molecule has 0 aliphatic rings. The predicted molar refractivity (Wildman–Crippen MR) is 145 cm³/mol. The highest BCUT2D eigenvalue weighted by molar-refractivity contribution is 6.42. The number of benzene rings is 3. The van der Waals surface area contributed by atoms with E-state index in [1.807, 2.05) is 30.3 Å². The number of carbonyl (C=O) groups is 1. The lowest BCUT2D eigenvalue weighted by molar-refractivity contribution is -0.143. The van der Waals surface area contributed by atoms with Gasteiger partial charge in [0.2, 0.25) is 0 Å². The molecule has 0 amide bonds. The summed E-state index contributed by atoms with van der Waals surface area (Å²) in [5.74, 6) is -1.47. The zero-order valence-electron chi connectivity index (χ0n) is 20.4. The number of nitrogens with zero attached hydrogens (tertiary/aromatic N) is 3. The molecule has 6 nitrogen and oxygen atoms in total. The van der Waals surface area contributed by atoms with Crippen molar-refractivity contribution in [2.75, 3.05) is 0 Å². The van der Waals surface area contributed by atoms with Crippen LogP contribution in [0.4, 0.5) is 13.2 Å². The summed E-state index contributed by atoms with van der Waals surface area (Å²) in [6, 6.07) is 24.5. The van der Waals surface area contributed by atoms with Crippen LogP contribution in [-0.2, 0) is 12.8 Å². The minimum absolute atomic E-state index is 0.190. The van der Waals surface area contributed by atoms with E-state index < -0.39 is 23.4 Å². The van der Waals surface area contributed by atoms with Crippen LogP contribution in [-0.4, -0.2) is 25.8 Å². The molecular weight excluding hydrogens is 566 g/mol. The quantitative estimate of drug-likeness (QED) is 0.209. The van der Waals surface area contributed by atoms with Crippen molar-refractivity contribution in [1.82, 2.24) is 14.8 Å². The Balaban J connectivity index is 1.40. The number of pyridine rings is 1. The third kappa shape index (κ3) is 5.66. The maximum Gasteiger partial charge on any atom is 0.434 e. The number of aromatic nitrogens is 3. The molecule has 0 aliphatic carbocycles. The molecule has 1 N–H and O–H groups in total. The molecule has 0 aliphatic heterocycles. The number of carboxylic acids is 1. The molecule has 0 bridgehead atoms. The standard InChI is InChI=1S/C29H18Cl2F3N3O3/c30-22-13-12-19(14-23(22)31)18-10-8-17(9-11-18)16-40-25-6-2-1-4-20(25)24-5-3-7-26(36-24)37-27(29(32,33)34)21(15-35-37)28(38)39/h1-15H,16H2,(H,38,39). The van der Waals surface area contributed by atoms with Crippen molar-refractivity contribution in [2.45, 2.75) is 12.8 Å². The summed E-state index contributed by atoms with van der Waals surface area (Å²) in [7, 11) is 0. The number of carboxylic acid groups (broad SMARTS) is 1. The lowest BCUT2D eigenvalue weighted by Gasteiger charge is -2.14. The highest BCUT2D eigenvalue weighted by Gasteiger charge is 2.41. The third-order valence-corrected chi connectivity index (χ3v) is 6.72. The molecule has 2 heterocycles. The first kappa shape index (κ1) is 27.2. The van der Waals surface area contributed by atoms with Crippen molar-refractivity contribution in [2.24, 2.45) is 0 Å². The van der Waals surface area contributed by atoms with Crippen LogP contribution in [0.25, 0.3) is 28.2 Å². The van der Waals surface area contributed by atoms with Crippen LogP contribution < -0.4 is 4.74 Å². The summed E-state index contributed by atoms with van der Waals surface area (Å²) in [6.45, 7) is 0.220. The molecule has 5 aromatic rings. The largest absolute Gasteiger partial charge is 0.488 e. The van der Waals surface area contributed by atoms with E-state index in [9.17, 15) is 23.1 Å². The number of ether oxygens (including phenoxy) is 1. The lowest BCUT2D eigenvalue weighted by Crippen LogP contribution is -2.18. The van der Waals surface area contributed by atoms with E-state index in [0.29, 0.717) is 37.9 Å². The second kappa shape index (κ2) is 11.0. The maximum atomic E-state index is 13.7. The fraction of sp³-hybridized carbons (Fsp3) is 0.0690. The Kier molecular flexibility index (Phi) is 7.51. The maximum absolute atomic E-state index is 13.7. The molecule has 0 radical (unpaired) electrons. The van der Waals surface area contributed by atoms with Gasteiger partial charge < -0.3 is 9.84 Å². The Morgan fingerprint density at radius 3 is 2.33 bits per heavy atom. The van der Waals surface area contributed by atoms with Gasteiger partial charge in [-0.05, 0) is 53.1 Å². The zero-order valence-corrected chi connectivity index (χ0v) is 21.9. The molecule has 3 aromatic carbocycles. The van der Waals surface area contributed by atoms with E-state index in [1.54, 1.807) is 42.5 Å². The smallest absolute Gasteiger partial charge is 0.434 e. The van der Waals surface area contributed by atoms with Gasteiger partial charge in [0.25, 0.3) is 0 Å². The Bertz CT molecular complexity index is 1700. The SMILES string of the molecule is O=C(O)c1cnn(-c2cccc(-c3ccccc3OCc3ccc(-c4ccc(Cl)c(Cl)c4)cc3)n2)c1C(F)(F)F. The van der Waals surface area contributed by atoms with Crippen molar-refractivity contribution in [3.63, 3.8) is 0 Å². The molecule has 2 aromatic heterocycles. The van der Waals surface area contributed by atoms with Gasteiger partial charge in [0.1, 0.15) is 17.9 Å². The highest BCUT2D eigenvalue weighted by atomic mass is 35.5. The molecule has 11 heteroatoms. The third-order valence-electron chi connectivity index (χ3n) is 5.98. The van der Waals surface area contributed by atoms with Crippen molar-refractivity contribution in [3.8, 4) is 34.0 Å². The molecule has 0 atom stereocenters. The van der Waals surface area contributed by atoms with Gasteiger partial charge in [-0.15, -0.1) is 0 Å². The number of aromatic carboxylic acids is 1. The van der Waals surface area contributed by atoms with Gasteiger partial charge in [0.05, 0.1) is 21.9 Å². The Hall–Kier alpha value is -4.34. The van der Waals surface area contributed by atoms with Crippen LogP contribution in [0, 0.1) is 0 Å². The highest BCUT2D eigenvalue weighted by Crippen LogP contribution is 2.35. The molecule has 0 fully saturated rings. The van der Waals surface area contributed by atoms with Crippen molar-refractivity contribution < 1.29 is 27.8 Å². The van der Waals surface area contributed by atoms with Gasteiger partial charge in [-0.2, -0.15) is 18.3 Å². The number of alkyl halides is 3. The van der Waals surface area contributed by atoms with E-state index in [0.717, 1.165) is 16.7 Å². The monoisotopic (exact) mass is 583 g/mol. The molecular formula is C29H18Cl2F3N3O3. The minimum atomic E-state index is -4.96. The number of para-hydroxylation sites is 1. The number of halogens is 5. The summed E-state index contributed by atoms with van der Waals surface area (Å²) >= 11 is 12.1. The number of hydrogen-bond acceptors (Lipinski definition) is 4. The zero-order chi connectivity index (χ0) is 28.4. The Labute approximate surface area is 236 Å². The van der Waals surface area contributed by atoms with Crippen LogP contribution >= 0.6 is 23.2 Å². The second-order valence-electron chi connectivity index (χ2n) is 8.61. The van der Waals surface area contributed by atoms with Gasteiger partial charge in [0.15, 0.2) is 11.5 Å². The predicted octanol–water partition coefficient (Wildman–Crippen LogP) is 8.20. The van der Waals surface area contributed by atoms with Gasteiger partial charge in [0, 0.05) is 5.56 Å². The van der Waals surface area contributed by atoms with Crippen LogP contribution in [0.5, 0.6) is 5.75 Å². The first-order valence-electron chi connectivity index (χ1n) is 11.7. The van der Waals surface area contributed by atoms with Gasteiger partial charge in [-0.3, -0.25) is 0 Å². The topological polar surface area (TPSA) is 77.2 Å². The molecule has 0 saturated heterocycles. The summed E-state index contributed by atoms with van der Waals surface area (Å²) in [4.78, 5) is 15.7. The van der Waals surface area contributed by atoms with Crippen molar-refractivity contribution in [3.05, 3.63) is 118 Å². The summed E-state index contributed by atoms with van der Waals surface area (Å²) in [5, 5.41) is 13.8. The number of rotatable bonds is 7. The van der Waals surface area contributed by atoms with E-state index in [4.69, 9.17) is 27.9 Å². The van der Waals surface area contributed by atoms with E-state index >= 15 is 0 Å². The fourth-order valence-corrected chi connectivity index (χ4v) is 4.38. The summed E-state index contributed by atoms with van der Waals surface area (Å²) < 4.78 is 47.7. The first-order chi connectivity index (χ1) is 19.1. The molecule has 0 saturated carbocycles. The van der Waals surface area contributed by atoms with Gasteiger partial charge in [-0.1, -0.05) is 71.7 Å². The molecule has 202 valence electrons. The Morgan fingerprint density at radius 1 is 0.900 bits per heavy atom. The Morgan fingerprint density at radius 2 is 1.62 bits per heavy atom. The second-order valence-corrected chi connectivity index (χ2v) is 9.43. The summed E-state index contributed by atoms with van der Waals surface area (Å²) in [5.41, 5.74) is 1.23.